The molecule has 4 heterocycles. The maximum atomic E-state index is 9.86. The Morgan fingerprint density at radius 3 is 2.80 bits per heavy atom. The van der Waals surface area contributed by atoms with Crippen molar-refractivity contribution < 1.29 is 5.11 Å². The average Bonchev–Trinajstić information content (AvgIpc) is 3.26. The third-order valence-electron chi connectivity index (χ3n) is 6.66. The molecule has 0 aliphatic carbocycles. The van der Waals surface area contributed by atoms with Gasteiger partial charge in [-0.05, 0) is 61.9 Å². The van der Waals surface area contributed by atoms with Gasteiger partial charge >= 0.3 is 0 Å². The lowest BCUT2D eigenvalue weighted by molar-refractivity contribution is 0.144. The molecule has 0 atom stereocenters. The molecule has 0 radical (unpaired) electrons. The number of nitrogens with one attached hydrogen (secondary N) is 1. The van der Waals surface area contributed by atoms with Gasteiger partial charge in [-0.1, -0.05) is 6.92 Å². The number of aromatic nitrogens is 3. The van der Waals surface area contributed by atoms with Crippen LogP contribution in [0, 0.1) is 12.8 Å². The first-order chi connectivity index (χ1) is 16.9. The van der Waals surface area contributed by atoms with E-state index in [0.29, 0.717) is 11.8 Å². The quantitative estimate of drug-likeness (QED) is 0.279. The summed E-state index contributed by atoms with van der Waals surface area (Å²) >= 11 is 0. The van der Waals surface area contributed by atoms with Crippen LogP contribution in [-0.4, -0.2) is 57.1 Å². The number of phenolic OH excluding ortho intramolecular Hbond substituents is 1. The maximum Gasteiger partial charge on any atom is 0.135 e. The molecule has 0 amide bonds. The number of phenols is 1. The van der Waals surface area contributed by atoms with E-state index in [2.05, 4.69) is 40.3 Å². The molecular formula is C27H31N7O. The number of rotatable bonds is 7. The third-order valence-corrected chi connectivity index (χ3v) is 6.66. The highest BCUT2D eigenvalue weighted by molar-refractivity contribution is 6.06. The lowest BCUT2D eigenvalue weighted by Gasteiger charge is -2.36. The molecule has 5 rings (SSSR count). The first kappa shape index (κ1) is 22.9. The van der Waals surface area contributed by atoms with Crippen LogP contribution in [0.2, 0.25) is 0 Å². The van der Waals surface area contributed by atoms with Gasteiger partial charge in [0.15, 0.2) is 0 Å². The monoisotopic (exact) mass is 469 g/mol. The SMILES string of the molecule is CCc1cc(O)ccc1/N=C(\N)c1cnn2cc(-c3cnccc3C)cc2c1NCC1CN(C)C1. The van der Waals surface area contributed by atoms with Crippen LogP contribution in [0.25, 0.3) is 16.6 Å². The van der Waals surface area contributed by atoms with Crippen molar-refractivity contribution in [1.29, 1.82) is 0 Å². The van der Waals surface area contributed by atoms with Crippen molar-refractivity contribution in [3.05, 3.63) is 71.8 Å². The van der Waals surface area contributed by atoms with Gasteiger partial charge in [0.2, 0.25) is 0 Å². The smallest absolute Gasteiger partial charge is 0.135 e. The Labute approximate surface area is 205 Å². The molecule has 1 aliphatic heterocycles. The van der Waals surface area contributed by atoms with Crippen LogP contribution in [0.15, 0.2) is 60.1 Å². The van der Waals surface area contributed by atoms with Crippen molar-refractivity contribution >= 4 is 22.7 Å². The lowest BCUT2D eigenvalue weighted by atomic mass is 10.0. The molecule has 4 aromatic rings. The zero-order chi connectivity index (χ0) is 24.5. The Balaban J connectivity index is 1.59. The second-order valence-corrected chi connectivity index (χ2v) is 9.31. The minimum Gasteiger partial charge on any atom is -0.508 e. The number of anilines is 1. The van der Waals surface area contributed by atoms with Crippen LogP contribution in [0.5, 0.6) is 5.75 Å². The van der Waals surface area contributed by atoms with Gasteiger partial charge < -0.3 is 21.1 Å². The normalized spacial score (nSPS) is 14.9. The summed E-state index contributed by atoms with van der Waals surface area (Å²) in [5.41, 5.74) is 14.2. The average molecular weight is 470 g/mol. The number of fused-ring (bicyclic) bond motifs is 1. The van der Waals surface area contributed by atoms with Crippen molar-refractivity contribution in [2.45, 2.75) is 20.3 Å². The molecule has 0 spiro atoms. The molecule has 1 fully saturated rings. The predicted octanol–water partition coefficient (Wildman–Crippen LogP) is 3.98. The van der Waals surface area contributed by atoms with E-state index in [9.17, 15) is 5.11 Å². The van der Waals surface area contributed by atoms with Gasteiger partial charge in [0.1, 0.15) is 11.6 Å². The van der Waals surface area contributed by atoms with Gasteiger partial charge in [-0.3, -0.25) is 4.98 Å². The van der Waals surface area contributed by atoms with Crippen LogP contribution in [0.3, 0.4) is 0 Å². The van der Waals surface area contributed by atoms with Crippen molar-refractivity contribution in [3.63, 3.8) is 0 Å². The third kappa shape index (κ3) is 4.57. The number of nitrogens with two attached hydrogens (primary N) is 1. The van der Waals surface area contributed by atoms with Crippen molar-refractivity contribution in [1.82, 2.24) is 19.5 Å². The Kier molecular flexibility index (Phi) is 6.13. The molecule has 3 aromatic heterocycles. The molecule has 1 aliphatic rings. The Hall–Kier alpha value is -3.91. The number of aromatic hydroxyl groups is 1. The van der Waals surface area contributed by atoms with Crippen LogP contribution in [-0.2, 0) is 6.42 Å². The van der Waals surface area contributed by atoms with Crippen molar-refractivity contribution in [3.8, 4) is 16.9 Å². The zero-order valence-electron chi connectivity index (χ0n) is 20.4. The fourth-order valence-corrected chi connectivity index (χ4v) is 4.71. The molecule has 4 N–H and O–H groups in total. The molecular weight excluding hydrogens is 438 g/mol. The molecule has 8 heteroatoms. The summed E-state index contributed by atoms with van der Waals surface area (Å²) < 4.78 is 1.88. The summed E-state index contributed by atoms with van der Waals surface area (Å²) in [6, 6.07) is 9.30. The molecule has 8 nitrogen and oxygen atoms in total. The highest BCUT2D eigenvalue weighted by Crippen LogP contribution is 2.31. The zero-order valence-corrected chi connectivity index (χ0v) is 20.4. The number of amidine groups is 1. The van der Waals surface area contributed by atoms with Gasteiger partial charge in [0, 0.05) is 55.3 Å². The van der Waals surface area contributed by atoms with Gasteiger partial charge in [-0.25, -0.2) is 9.51 Å². The summed E-state index contributed by atoms with van der Waals surface area (Å²) in [5.74, 6) is 1.19. The standard InChI is InChI=1S/C27H31N7O/c1-4-19-9-21(35)5-6-24(19)32-27(28)23-13-31-34-16-20(22-12-29-8-7-17(22)2)10-25(34)26(23)30-11-18-14-33(3)15-18/h5-10,12-13,16,18,30,35H,4,11,14-15H2,1-3H3,(H2,28,32). The molecule has 180 valence electrons. The van der Waals surface area contributed by atoms with Crippen LogP contribution >= 0.6 is 0 Å². The Morgan fingerprint density at radius 1 is 1.23 bits per heavy atom. The summed E-state index contributed by atoms with van der Waals surface area (Å²) in [5, 5.41) is 18.2. The molecule has 1 saturated heterocycles. The van der Waals surface area contributed by atoms with E-state index in [1.165, 1.54) is 0 Å². The highest BCUT2D eigenvalue weighted by atomic mass is 16.3. The molecule has 0 saturated carbocycles. The molecule has 0 bridgehead atoms. The number of aliphatic imine (C=N–C) groups is 1. The molecule has 0 unspecified atom stereocenters. The number of likely N-dealkylation sites (tertiary alicyclic amines) is 1. The number of benzene rings is 1. The van der Waals surface area contributed by atoms with E-state index in [0.717, 1.165) is 70.8 Å². The van der Waals surface area contributed by atoms with Gasteiger partial charge in [0.05, 0.1) is 28.7 Å². The Bertz CT molecular complexity index is 1400. The van der Waals surface area contributed by atoms with E-state index < -0.39 is 0 Å². The predicted molar refractivity (Wildman–Crippen MR) is 141 cm³/mol. The summed E-state index contributed by atoms with van der Waals surface area (Å²) in [4.78, 5) is 11.4. The second kappa shape index (κ2) is 9.38. The molecule has 1 aromatic carbocycles. The fraction of sp³-hybridized carbons (Fsp3) is 0.296. The minimum absolute atomic E-state index is 0.224. The largest absolute Gasteiger partial charge is 0.508 e. The van der Waals surface area contributed by atoms with Gasteiger partial charge in [-0.2, -0.15) is 5.10 Å². The first-order valence-electron chi connectivity index (χ1n) is 11.9. The van der Waals surface area contributed by atoms with E-state index in [1.54, 1.807) is 30.6 Å². The first-order valence-corrected chi connectivity index (χ1v) is 11.9. The maximum absolute atomic E-state index is 9.86. The number of pyridine rings is 1. The topological polar surface area (TPSA) is 104 Å². The van der Waals surface area contributed by atoms with Crippen LogP contribution in [0.1, 0.15) is 23.6 Å². The highest BCUT2D eigenvalue weighted by Gasteiger charge is 2.24. The van der Waals surface area contributed by atoms with E-state index in [1.807, 2.05) is 29.9 Å². The summed E-state index contributed by atoms with van der Waals surface area (Å²) in [7, 11) is 2.13. The lowest BCUT2D eigenvalue weighted by Crippen LogP contribution is -2.46. The summed E-state index contributed by atoms with van der Waals surface area (Å²) in [6.07, 6.45) is 8.22. The van der Waals surface area contributed by atoms with Crippen molar-refractivity contribution in [2.24, 2.45) is 16.6 Å². The number of hydrogen-bond acceptors (Lipinski definition) is 6. The van der Waals surface area contributed by atoms with E-state index >= 15 is 0 Å². The van der Waals surface area contributed by atoms with Gasteiger partial charge in [-0.15, -0.1) is 0 Å². The summed E-state index contributed by atoms with van der Waals surface area (Å²) in [6.45, 7) is 7.10. The molecule has 35 heavy (non-hydrogen) atoms. The number of aryl methyl sites for hydroxylation is 2. The van der Waals surface area contributed by atoms with Crippen LogP contribution < -0.4 is 11.1 Å². The second-order valence-electron chi connectivity index (χ2n) is 9.31. The fourth-order valence-electron chi connectivity index (χ4n) is 4.71. The van der Waals surface area contributed by atoms with E-state index in [4.69, 9.17) is 10.7 Å². The van der Waals surface area contributed by atoms with Crippen LogP contribution in [0.4, 0.5) is 11.4 Å². The number of hydrogen-bond donors (Lipinski definition) is 3. The Morgan fingerprint density at radius 2 is 2.06 bits per heavy atom. The van der Waals surface area contributed by atoms with Gasteiger partial charge in [0.25, 0.3) is 0 Å². The van der Waals surface area contributed by atoms with Crippen molar-refractivity contribution in [2.75, 3.05) is 32.0 Å². The van der Waals surface area contributed by atoms with E-state index in [-0.39, 0.29) is 5.75 Å². The number of nitrogens with zero attached hydrogens (tertiary/aromatic N) is 5. The minimum atomic E-state index is 0.224.